The van der Waals surface area contributed by atoms with Gasteiger partial charge in [0.15, 0.2) is 6.29 Å². The number of aldehydes is 1. The van der Waals surface area contributed by atoms with Crippen LogP contribution in [0, 0.1) is 0 Å². The van der Waals surface area contributed by atoms with E-state index >= 15 is 0 Å². The smallest absolute Gasteiger partial charge is 0.410 e. The first kappa shape index (κ1) is 29.0. The molecule has 2 aromatic carbocycles. The molecule has 1 saturated heterocycles. The minimum Gasteiger partial charge on any atom is -0.490 e. The average molecular weight is 551 g/mol. The summed E-state index contributed by atoms with van der Waals surface area (Å²) in [5.74, 6) is 1.38. The standard InChI is InChI=1S/C31H38N2O7/c1-5-16-37-29(35)32-14-11-26(12-15-32)39-25-8-6-22(7-9-25)21-38-27-17-23-10-13-33(30(36)40-31(2,3)4)19-28(23)24(18-27)20-34/h5-9,17-18,20,26H,1,10-16,19,21H2,2-4H3. The number of carbonyl (C=O) groups is 3. The fourth-order valence-electron chi connectivity index (χ4n) is 4.74. The summed E-state index contributed by atoms with van der Waals surface area (Å²) >= 11 is 0. The lowest BCUT2D eigenvalue weighted by Crippen LogP contribution is -2.42. The lowest BCUT2D eigenvalue weighted by atomic mass is 9.95. The van der Waals surface area contributed by atoms with Gasteiger partial charge in [0, 0.05) is 44.6 Å². The summed E-state index contributed by atoms with van der Waals surface area (Å²) in [6.45, 7) is 11.6. The van der Waals surface area contributed by atoms with Crippen molar-refractivity contribution in [2.24, 2.45) is 0 Å². The molecule has 0 aliphatic carbocycles. The lowest BCUT2D eigenvalue weighted by molar-refractivity contribution is 0.0223. The number of likely N-dealkylation sites (tertiary alicyclic amines) is 1. The van der Waals surface area contributed by atoms with E-state index in [-0.39, 0.29) is 24.9 Å². The van der Waals surface area contributed by atoms with Crippen molar-refractivity contribution in [2.75, 3.05) is 26.2 Å². The zero-order chi connectivity index (χ0) is 28.7. The van der Waals surface area contributed by atoms with Crippen LogP contribution in [0.5, 0.6) is 11.5 Å². The average Bonchev–Trinajstić information content (AvgIpc) is 2.94. The number of rotatable bonds is 8. The molecule has 0 aromatic heterocycles. The first-order valence-corrected chi connectivity index (χ1v) is 13.6. The quantitative estimate of drug-likeness (QED) is 0.315. The summed E-state index contributed by atoms with van der Waals surface area (Å²) < 4.78 is 22.7. The highest BCUT2D eigenvalue weighted by Crippen LogP contribution is 2.29. The lowest BCUT2D eigenvalue weighted by Gasteiger charge is -2.32. The van der Waals surface area contributed by atoms with Gasteiger partial charge in [-0.15, -0.1) is 0 Å². The first-order valence-electron chi connectivity index (χ1n) is 13.6. The molecule has 214 valence electrons. The molecule has 9 nitrogen and oxygen atoms in total. The van der Waals surface area contributed by atoms with Crippen LogP contribution < -0.4 is 9.47 Å². The van der Waals surface area contributed by atoms with Crippen molar-refractivity contribution in [3.05, 3.63) is 71.3 Å². The predicted molar refractivity (Wildman–Crippen MR) is 150 cm³/mol. The largest absolute Gasteiger partial charge is 0.490 e. The minimum atomic E-state index is -0.576. The van der Waals surface area contributed by atoms with E-state index in [0.29, 0.717) is 50.5 Å². The van der Waals surface area contributed by atoms with Crippen LogP contribution in [0.1, 0.15) is 60.7 Å². The third-order valence-corrected chi connectivity index (χ3v) is 6.79. The highest BCUT2D eigenvalue weighted by atomic mass is 16.6. The highest BCUT2D eigenvalue weighted by Gasteiger charge is 2.28. The van der Waals surface area contributed by atoms with Gasteiger partial charge in [0.2, 0.25) is 0 Å². The predicted octanol–water partition coefficient (Wildman–Crippen LogP) is 5.54. The monoisotopic (exact) mass is 550 g/mol. The number of fused-ring (bicyclic) bond motifs is 1. The Morgan fingerprint density at radius 3 is 2.38 bits per heavy atom. The molecule has 2 aromatic rings. The number of amides is 2. The number of benzene rings is 2. The maximum Gasteiger partial charge on any atom is 0.410 e. The third kappa shape index (κ3) is 7.77. The van der Waals surface area contributed by atoms with Crippen molar-refractivity contribution < 1.29 is 33.3 Å². The van der Waals surface area contributed by atoms with Gasteiger partial charge in [0.1, 0.15) is 36.4 Å². The fourth-order valence-corrected chi connectivity index (χ4v) is 4.74. The molecule has 40 heavy (non-hydrogen) atoms. The Morgan fingerprint density at radius 2 is 1.73 bits per heavy atom. The van der Waals surface area contributed by atoms with Crippen molar-refractivity contribution in [3.63, 3.8) is 0 Å². The Bertz CT molecular complexity index is 1210. The summed E-state index contributed by atoms with van der Waals surface area (Å²) in [7, 11) is 0. The molecule has 0 saturated carbocycles. The molecule has 2 aliphatic heterocycles. The second-order valence-electron chi connectivity index (χ2n) is 11.0. The first-order chi connectivity index (χ1) is 19.1. The van der Waals surface area contributed by atoms with Gasteiger partial charge >= 0.3 is 12.2 Å². The van der Waals surface area contributed by atoms with Gasteiger partial charge in [-0.2, -0.15) is 0 Å². The normalized spacial score (nSPS) is 15.6. The molecule has 2 aliphatic rings. The van der Waals surface area contributed by atoms with Crippen LogP contribution in [-0.4, -0.2) is 66.2 Å². The Kier molecular flexibility index (Phi) is 9.34. The number of hydrogen-bond donors (Lipinski definition) is 0. The SMILES string of the molecule is C=CCOC(=O)N1CCC(Oc2ccc(COc3cc(C=O)c4c(c3)CCN(C(=O)OC(C)(C)C)C4)cc2)CC1. The number of nitrogens with zero attached hydrogens (tertiary/aromatic N) is 2. The van der Waals surface area contributed by atoms with E-state index in [4.69, 9.17) is 18.9 Å². The van der Waals surface area contributed by atoms with Gasteiger partial charge in [-0.3, -0.25) is 4.79 Å². The molecule has 2 heterocycles. The van der Waals surface area contributed by atoms with Crippen molar-refractivity contribution >= 4 is 18.5 Å². The van der Waals surface area contributed by atoms with Gasteiger partial charge in [-0.1, -0.05) is 24.8 Å². The summed E-state index contributed by atoms with van der Waals surface area (Å²) in [5.41, 5.74) is 2.74. The maximum absolute atomic E-state index is 12.5. The van der Waals surface area contributed by atoms with Crippen LogP contribution in [0.4, 0.5) is 9.59 Å². The molecule has 1 fully saturated rings. The van der Waals surface area contributed by atoms with E-state index < -0.39 is 5.60 Å². The van der Waals surface area contributed by atoms with Crippen LogP contribution >= 0.6 is 0 Å². The van der Waals surface area contributed by atoms with Crippen molar-refractivity contribution in [1.29, 1.82) is 0 Å². The van der Waals surface area contributed by atoms with Gasteiger partial charge in [-0.05, 0) is 68.1 Å². The van der Waals surface area contributed by atoms with Crippen LogP contribution in [-0.2, 0) is 29.0 Å². The van der Waals surface area contributed by atoms with E-state index in [0.717, 1.165) is 41.6 Å². The second-order valence-corrected chi connectivity index (χ2v) is 11.0. The molecular weight excluding hydrogens is 512 g/mol. The molecule has 0 radical (unpaired) electrons. The molecule has 0 unspecified atom stereocenters. The van der Waals surface area contributed by atoms with Crippen LogP contribution in [0.2, 0.25) is 0 Å². The number of carbonyl (C=O) groups excluding carboxylic acids is 3. The topological polar surface area (TPSA) is 94.6 Å². The van der Waals surface area contributed by atoms with Crippen LogP contribution in [0.25, 0.3) is 0 Å². The molecule has 4 rings (SSSR count). The Labute approximate surface area is 235 Å². The molecule has 0 atom stereocenters. The molecular formula is C31H38N2O7. The highest BCUT2D eigenvalue weighted by molar-refractivity contribution is 5.80. The van der Waals surface area contributed by atoms with Crippen molar-refractivity contribution in [3.8, 4) is 11.5 Å². The second kappa shape index (κ2) is 12.9. The molecule has 0 bridgehead atoms. The minimum absolute atomic E-state index is 0.0362. The molecule has 0 spiro atoms. The van der Waals surface area contributed by atoms with Gasteiger partial charge < -0.3 is 28.7 Å². The zero-order valence-electron chi connectivity index (χ0n) is 23.5. The Hall–Kier alpha value is -4.01. The number of piperidine rings is 1. The van der Waals surface area contributed by atoms with Gasteiger partial charge in [0.25, 0.3) is 0 Å². The summed E-state index contributed by atoms with van der Waals surface area (Å²) in [5, 5.41) is 0. The fraction of sp³-hybridized carbons (Fsp3) is 0.452. The third-order valence-electron chi connectivity index (χ3n) is 6.79. The van der Waals surface area contributed by atoms with Gasteiger partial charge in [-0.25, -0.2) is 9.59 Å². The van der Waals surface area contributed by atoms with Crippen molar-refractivity contribution in [2.45, 2.75) is 64.9 Å². The molecule has 0 N–H and O–H groups in total. The van der Waals surface area contributed by atoms with E-state index in [2.05, 4.69) is 6.58 Å². The Balaban J connectivity index is 1.29. The summed E-state index contributed by atoms with van der Waals surface area (Å²) in [6.07, 6.45) is 3.80. The maximum atomic E-state index is 12.5. The Morgan fingerprint density at radius 1 is 1.00 bits per heavy atom. The summed E-state index contributed by atoms with van der Waals surface area (Å²) in [6, 6.07) is 11.4. The number of hydrogen-bond acceptors (Lipinski definition) is 7. The van der Waals surface area contributed by atoms with Gasteiger partial charge in [0.05, 0.1) is 0 Å². The van der Waals surface area contributed by atoms with E-state index in [1.54, 1.807) is 21.9 Å². The van der Waals surface area contributed by atoms with E-state index in [1.165, 1.54) is 0 Å². The summed E-state index contributed by atoms with van der Waals surface area (Å²) in [4.78, 5) is 39.7. The van der Waals surface area contributed by atoms with Crippen molar-refractivity contribution in [1.82, 2.24) is 9.80 Å². The number of ether oxygens (including phenoxy) is 4. The molecule has 2 amide bonds. The van der Waals surface area contributed by atoms with Crippen LogP contribution in [0.3, 0.4) is 0 Å². The van der Waals surface area contributed by atoms with E-state index in [9.17, 15) is 14.4 Å². The van der Waals surface area contributed by atoms with Crippen LogP contribution in [0.15, 0.2) is 49.1 Å². The van der Waals surface area contributed by atoms with E-state index in [1.807, 2.05) is 51.1 Å². The molecule has 9 heteroatoms. The zero-order valence-corrected chi connectivity index (χ0v) is 23.5.